The van der Waals surface area contributed by atoms with Crippen molar-refractivity contribution in [3.63, 3.8) is 0 Å². The van der Waals surface area contributed by atoms with Crippen molar-refractivity contribution in [2.45, 2.75) is 57.1 Å². The number of carbonyl (C=O) groups excluding carboxylic acids is 1. The Bertz CT molecular complexity index is 1740. The Hall–Kier alpha value is -2.59. The summed E-state index contributed by atoms with van der Waals surface area (Å²) in [5.74, 6) is 0.266. The van der Waals surface area contributed by atoms with Gasteiger partial charge < -0.3 is 5.73 Å². The molecule has 1 atom stereocenters. The summed E-state index contributed by atoms with van der Waals surface area (Å²) in [6, 6.07) is 17.2. The molecule has 0 fully saturated rings. The second-order valence-corrected chi connectivity index (χ2v) is 14.2. The van der Waals surface area contributed by atoms with Crippen molar-refractivity contribution in [1.29, 1.82) is 5.26 Å². The summed E-state index contributed by atoms with van der Waals surface area (Å²) >= 11 is 27.3. The lowest BCUT2D eigenvalue weighted by atomic mass is 9.68. The van der Waals surface area contributed by atoms with E-state index >= 15 is 0 Å². The number of ketones is 1. The normalized spacial score (nSPS) is 18.3. The molecule has 0 radical (unpaired) electrons. The van der Waals surface area contributed by atoms with Crippen molar-refractivity contribution in [3.05, 3.63) is 114 Å². The Morgan fingerprint density at radius 2 is 1.79 bits per heavy atom. The van der Waals surface area contributed by atoms with Crippen molar-refractivity contribution in [1.82, 2.24) is 0 Å². The SMILES string of the molecule is Cc1cc(CSc2cc(Cl)ccc2Cl)c(C)c(C2C(C#N)=C(N)N(c3cccc(Cl)c3Cl)C3=C2C(=O)CC(C)(C)C3)c1. The number of allylic oxidation sites excluding steroid dienone is 3. The maximum Gasteiger partial charge on any atom is 0.162 e. The van der Waals surface area contributed by atoms with Crippen LogP contribution in [0, 0.1) is 30.6 Å². The van der Waals surface area contributed by atoms with E-state index in [2.05, 4.69) is 32.0 Å². The van der Waals surface area contributed by atoms with Gasteiger partial charge in [0.2, 0.25) is 0 Å². The van der Waals surface area contributed by atoms with Crippen LogP contribution in [0.5, 0.6) is 0 Å². The predicted octanol–water partition coefficient (Wildman–Crippen LogP) is 10.2. The number of rotatable bonds is 5. The first kappa shape index (κ1) is 30.9. The number of nitrogens with zero attached hydrogens (tertiary/aromatic N) is 2. The summed E-state index contributed by atoms with van der Waals surface area (Å²) in [5, 5.41) is 12.5. The fraction of sp³-hybridized carbons (Fsp3) is 0.273. The molecule has 9 heteroatoms. The fourth-order valence-electron chi connectivity index (χ4n) is 5.92. The Morgan fingerprint density at radius 1 is 1.05 bits per heavy atom. The first-order chi connectivity index (χ1) is 19.8. The van der Waals surface area contributed by atoms with Crippen LogP contribution in [0.1, 0.15) is 54.9 Å². The van der Waals surface area contributed by atoms with Crippen LogP contribution in [0.2, 0.25) is 20.1 Å². The highest BCUT2D eigenvalue weighted by Gasteiger charge is 2.45. The molecule has 0 bridgehead atoms. The summed E-state index contributed by atoms with van der Waals surface area (Å²) in [4.78, 5) is 16.7. The third-order valence-corrected chi connectivity index (χ3v) is 10.4. The van der Waals surface area contributed by atoms with Crippen molar-refractivity contribution < 1.29 is 4.79 Å². The van der Waals surface area contributed by atoms with Crippen LogP contribution in [0.4, 0.5) is 5.69 Å². The topological polar surface area (TPSA) is 70.1 Å². The molecule has 1 aliphatic carbocycles. The van der Waals surface area contributed by atoms with Gasteiger partial charge in [-0.1, -0.05) is 84.0 Å². The van der Waals surface area contributed by atoms with Gasteiger partial charge in [-0.25, -0.2) is 0 Å². The molecule has 216 valence electrons. The van der Waals surface area contributed by atoms with E-state index in [0.717, 1.165) is 32.8 Å². The van der Waals surface area contributed by atoms with Crippen LogP contribution >= 0.6 is 58.2 Å². The third-order valence-electron chi connectivity index (χ3n) is 7.84. The van der Waals surface area contributed by atoms with Crippen LogP contribution in [0.15, 0.2) is 76.1 Å². The van der Waals surface area contributed by atoms with Crippen LogP contribution < -0.4 is 10.6 Å². The van der Waals surface area contributed by atoms with Gasteiger partial charge in [0.25, 0.3) is 0 Å². The number of carbonyl (C=O) groups is 1. The number of aryl methyl sites for hydroxylation is 1. The molecule has 5 rings (SSSR count). The summed E-state index contributed by atoms with van der Waals surface area (Å²) in [6.45, 7) is 8.18. The van der Waals surface area contributed by atoms with E-state index in [0.29, 0.717) is 55.5 Å². The molecule has 3 aromatic carbocycles. The Morgan fingerprint density at radius 3 is 2.50 bits per heavy atom. The predicted molar refractivity (Wildman–Crippen MR) is 175 cm³/mol. The van der Waals surface area contributed by atoms with E-state index in [1.54, 1.807) is 47.0 Å². The second-order valence-electron chi connectivity index (χ2n) is 11.6. The minimum absolute atomic E-state index is 0.00260. The maximum absolute atomic E-state index is 14.0. The zero-order chi connectivity index (χ0) is 30.5. The quantitative estimate of drug-likeness (QED) is 0.277. The van der Waals surface area contributed by atoms with Gasteiger partial charge >= 0.3 is 0 Å². The van der Waals surface area contributed by atoms with E-state index < -0.39 is 5.92 Å². The van der Waals surface area contributed by atoms with Crippen molar-refractivity contribution in [2.24, 2.45) is 11.1 Å². The van der Waals surface area contributed by atoms with E-state index in [-0.39, 0.29) is 17.0 Å². The average molecular weight is 657 g/mol. The number of hydrogen-bond donors (Lipinski definition) is 1. The molecule has 2 N–H and O–H groups in total. The van der Waals surface area contributed by atoms with E-state index in [1.165, 1.54) is 0 Å². The smallest absolute Gasteiger partial charge is 0.162 e. The molecule has 0 spiro atoms. The fourth-order valence-corrected chi connectivity index (χ4v) is 7.84. The molecule has 0 saturated carbocycles. The Labute approximate surface area is 271 Å². The molecule has 4 nitrogen and oxygen atoms in total. The zero-order valence-corrected chi connectivity index (χ0v) is 27.5. The van der Waals surface area contributed by atoms with Gasteiger partial charge in [-0.2, -0.15) is 5.26 Å². The molecular formula is C33H29Cl4N3OS. The lowest BCUT2D eigenvalue weighted by Crippen LogP contribution is -2.42. The van der Waals surface area contributed by atoms with E-state index in [4.69, 9.17) is 52.1 Å². The number of hydrogen-bond acceptors (Lipinski definition) is 5. The van der Waals surface area contributed by atoms with Crippen molar-refractivity contribution in [2.75, 3.05) is 4.90 Å². The lowest BCUT2D eigenvalue weighted by Gasteiger charge is -2.44. The zero-order valence-electron chi connectivity index (χ0n) is 23.6. The van der Waals surface area contributed by atoms with Crippen LogP contribution in [-0.4, -0.2) is 5.78 Å². The van der Waals surface area contributed by atoms with Gasteiger partial charge in [-0.05, 0) is 72.7 Å². The molecule has 1 heterocycles. The molecule has 42 heavy (non-hydrogen) atoms. The molecule has 0 saturated heterocycles. The number of halogens is 4. The summed E-state index contributed by atoms with van der Waals surface area (Å²) in [5.41, 5.74) is 12.7. The third kappa shape index (κ3) is 5.68. The van der Waals surface area contributed by atoms with Crippen LogP contribution in [0.25, 0.3) is 0 Å². The summed E-state index contributed by atoms with van der Waals surface area (Å²) in [7, 11) is 0. The second kappa shape index (κ2) is 11.8. The number of benzene rings is 3. The minimum Gasteiger partial charge on any atom is -0.384 e. The number of anilines is 1. The van der Waals surface area contributed by atoms with Gasteiger partial charge in [0.15, 0.2) is 5.78 Å². The lowest BCUT2D eigenvalue weighted by molar-refractivity contribution is -0.118. The minimum atomic E-state index is -0.610. The van der Waals surface area contributed by atoms with Gasteiger partial charge in [0, 0.05) is 33.4 Å². The standard InChI is InChI=1S/C33H29Cl4N3OS/c1-17-10-19(16-42-28-12-20(34)8-9-23(28)35)18(2)21(11-17)29-22(15-38)32(39)40(25-7-5-6-24(36)31(25)37)26-13-33(3,4)14-27(41)30(26)29/h5-12,29H,13-14,16,39H2,1-4H3. The first-order valence-corrected chi connectivity index (χ1v) is 15.9. The van der Waals surface area contributed by atoms with Gasteiger partial charge in [0.05, 0.1) is 38.3 Å². The molecule has 1 unspecified atom stereocenters. The van der Waals surface area contributed by atoms with Crippen molar-refractivity contribution in [3.8, 4) is 6.07 Å². The summed E-state index contributed by atoms with van der Waals surface area (Å²) < 4.78 is 0. The van der Waals surface area contributed by atoms with Crippen LogP contribution in [0.3, 0.4) is 0 Å². The molecular weight excluding hydrogens is 628 g/mol. The van der Waals surface area contributed by atoms with E-state index in [1.807, 2.05) is 19.9 Å². The number of nitriles is 1. The summed E-state index contributed by atoms with van der Waals surface area (Å²) in [6.07, 6.45) is 0.937. The monoisotopic (exact) mass is 655 g/mol. The molecule has 3 aromatic rings. The Kier molecular flexibility index (Phi) is 8.69. The molecule has 1 aliphatic heterocycles. The highest BCUT2D eigenvalue weighted by Crippen LogP contribution is 2.52. The van der Waals surface area contributed by atoms with E-state index in [9.17, 15) is 10.1 Å². The highest BCUT2D eigenvalue weighted by molar-refractivity contribution is 7.98. The number of Topliss-reactive ketones (excluding diaryl/α,β-unsaturated/α-hetero) is 1. The first-order valence-electron chi connectivity index (χ1n) is 13.4. The highest BCUT2D eigenvalue weighted by atomic mass is 35.5. The average Bonchev–Trinajstić information content (AvgIpc) is 2.91. The van der Waals surface area contributed by atoms with Gasteiger partial charge in [-0.15, -0.1) is 11.8 Å². The Balaban J connectivity index is 1.69. The van der Waals surface area contributed by atoms with Gasteiger partial charge in [0.1, 0.15) is 5.82 Å². The molecule has 0 aromatic heterocycles. The molecule has 0 amide bonds. The number of nitrogens with two attached hydrogens (primary N) is 1. The van der Waals surface area contributed by atoms with Crippen LogP contribution in [-0.2, 0) is 10.5 Å². The molecule has 2 aliphatic rings. The van der Waals surface area contributed by atoms with Gasteiger partial charge in [-0.3, -0.25) is 9.69 Å². The number of thioether (sulfide) groups is 1. The maximum atomic E-state index is 14.0. The van der Waals surface area contributed by atoms with Crippen molar-refractivity contribution >= 4 is 69.6 Å². The largest absolute Gasteiger partial charge is 0.384 e.